The number of thioether (sulfide) groups is 1. The summed E-state index contributed by atoms with van der Waals surface area (Å²) in [6.07, 6.45) is 4.49. The molecule has 0 unspecified atom stereocenters. The zero-order valence-electron chi connectivity index (χ0n) is 20.6. The van der Waals surface area contributed by atoms with Gasteiger partial charge in [-0.2, -0.15) is 0 Å². The van der Waals surface area contributed by atoms with Crippen molar-refractivity contribution in [3.8, 4) is 11.5 Å². The highest BCUT2D eigenvalue weighted by Crippen LogP contribution is 2.35. The molecule has 1 fully saturated rings. The molecule has 6 nitrogen and oxygen atoms in total. The first-order valence-corrected chi connectivity index (χ1v) is 14.2. The maximum Gasteiger partial charge on any atom is 0.293 e. The van der Waals surface area contributed by atoms with E-state index < -0.39 is 0 Å². The zero-order valence-corrected chi connectivity index (χ0v) is 23.8. The molecule has 39 heavy (non-hydrogen) atoms. The second kappa shape index (κ2) is 12.3. The Morgan fingerprint density at radius 2 is 1.77 bits per heavy atom. The topological polar surface area (TPSA) is 60.8 Å². The summed E-state index contributed by atoms with van der Waals surface area (Å²) in [5.74, 6) is 0.392. The van der Waals surface area contributed by atoms with Gasteiger partial charge < -0.3 is 14.0 Å². The van der Waals surface area contributed by atoms with Gasteiger partial charge in [0, 0.05) is 33.7 Å². The van der Waals surface area contributed by atoms with Crippen LogP contribution in [0.5, 0.6) is 11.5 Å². The maximum absolute atomic E-state index is 13.1. The minimum atomic E-state index is -0.364. The van der Waals surface area contributed by atoms with Gasteiger partial charge in [-0.15, -0.1) is 0 Å². The number of aryl methyl sites for hydroxylation is 1. The summed E-state index contributed by atoms with van der Waals surface area (Å²) in [6, 6.07) is 18.9. The lowest BCUT2D eigenvalue weighted by atomic mass is 10.1. The SMILES string of the molecule is O=C1S/C(=C\c2cn(CCCOc3ccccc3Cl)c3ccc(Br)cc23)C(=O)N1CCOc1ccc(F)cc1. The van der Waals surface area contributed by atoms with Gasteiger partial charge in [0.05, 0.1) is 23.1 Å². The van der Waals surface area contributed by atoms with Gasteiger partial charge in [-0.05, 0) is 78.9 Å². The van der Waals surface area contributed by atoms with Crippen molar-refractivity contribution in [2.75, 3.05) is 19.8 Å². The molecule has 0 atom stereocenters. The number of nitrogens with zero attached hydrogens (tertiary/aromatic N) is 2. The number of ether oxygens (including phenoxy) is 2. The number of amides is 2. The summed E-state index contributed by atoms with van der Waals surface area (Å²) in [5.41, 5.74) is 1.85. The summed E-state index contributed by atoms with van der Waals surface area (Å²) in [6.45, 7) is 1.39. The Morgan fingerprint density at radius 3 is 2.56 bits per heavy atom. The van der Waals surface area contributed by atoms with Gasteiger partial charge in [0.2, 0.25) is 0 Å². The lowest BCUT2D eigenvalue weighted by Gasteiger charge is -2.13. The molecule has 0 N–H and O–H groups in total. The number of aromatic nitrogens is 1. The van der Waals surface area contributed by atoms with Gasteiger partial charge in [0.25, 0.3) is 11.1 Å². The summed E-state index contributed by atoms with van der Waals surface area (Å²) in [4.78, 5) is 27.2. The number of para-hydroxylation sites is 1. The monoisotopic (exact) mass is 628 g/mol. The first-order chi connectivity index (χ1) is 18.9. The number of halogens is 3. The van der Waals surface area contributed by atoms with Gasteiger partial charge >= 0.3 is 0 Å². The highest BCUT2D eigenvalue weighted by Gasteiger charge is 2.35. The first-order valence-electron chi connectivity index (χ1n) is 12.2. The van der Waals surface area contributed by atoms with Crippen LogP contribution in [0, 0.1) is 5.82 Å². The van der Waals surface area contributed by atoms with Crippen molar-refractivity contribution in [1.82, 2.24) is 9.47 Å². The molecule has 0 spiro atoms. The van der Waals surface area contributed by atoms with Crippen LogP contribution in [0.3, 0.4) is 0 Å². The molecule has 1 aromatic heterocycles. The Balaban J connectivity index is 1.27. The first kappa shape index (κ1) is 27.3. The highest BCUT2D eigenvalue weighted by molar-refractivity contribution is 9.10. The van der Waals surface area contributed by atoms with Gasteiger partial charge in [0.15, 0.2) is 0 Å². The molecular weight excluding hydrogens is 607 g/mol. The fraction of sp³-hybridized carbons (Fsp3) is 0.172. The van der Waals surface area contributed by atoms with Crippen LogP contribution in [-0.2, 0) is 11.3 Å². The molecule has 200 valence electrons. The minimum absolute atomic E-state index is 0.0954. The van der Waals surface area contributed by atoms with E-state index in [1.54, 1.807) is 12.1 Å². The number of rotatable bonds is 10. The van der Waals surface area contributed by atoms with Crippen LogP contribution in [0.15, 0.2) is 82.3 Å². The smallest absolute Gasteiger partial charge is 0.293 e. The van der Waals surface area contributed by atoms with Crippen molar-refractivity contribution in [2.45, 2.75) is 13.0 Å². The molecule has 0 bridgehead atoms. The molecule has 0 saturated carbocycles. The Bertz CT molecular complexity index is 1560. The molecule has 0 aliphatic carbocycles. The van der Waals surface area contributed by atoms with Gasteiger partial charge in [0.1, 0.15) is 23.9 Å². The molecule has 5 rings (SSSR count). The van der Waals surface area contributed by atoms with E-state index in [1.165, 1.54) is 29.2 Å². The number of hydrogen-bond acceptors (Lipinski definition) is 5. The Labute approximate surface area is 242 Å². The molecule has 4 aromatic rings. The standard InChI is InChI=1S/C29H23BrClFN2O4S/c30-20-6-11-25-23(17-20)19(18-33(25)12-3-14-38-26-5-2-1-4-24(26)31)16-27-28(35)34(29(36)39-27)13-15-37-22-9-7-21(32)8-10-22/h1-2,4-11,16-18H,3,12-15H2/b27-16-. The van der Waals surface area contributed by atoms with Crippen LogP contribution < -0.4 is 9.47 Å². The van der Waals surface area contributed by atoms with E-state index in [0.29, 0.717) is 34.6 Å². The maximum atomic E-state index is 13.1. The van der Waals surface area contributed by atoms with Crippen LogP contribution in [-0.4, -0.2) is 40.4 Å². The zero-order chi connectivity index (χ0) is 27.4. The van der Waals surface area contributed by atoms with E-state index in [2.05, 4.69) is 20.5 Å². The predicted molar refractivity (Wildman–Crippen MR) is 156 cm³/mol. The fourth-order valence-corrected chi connectivity index (χ4v) is 5.60. The number of fused-ring (bicyclic) bond motifs is 1. The predicted octanol–water partition coefficient (Wildman–Crippen LogP) is 7.78. The van der Waals surface area contributed by atoms with E-state index in [1.807, 2.05) is 42.6 Å². The van der Waals surface area contributed by atoms with E-state index in [-0.39, 0.29) is 30.1 Å². The number of benzene rings is 3. The lowest BCUT2D eigenvalue weighted by molar-refractivity contribution is -0.123. The third-order valence-electron chi connectivity index (χ3n) is 6.07. The highest BCUT2D eigenvalue weighted by atomic mass is 79.9. The fourth-order valence-electron chi connectivity index (χ4n) is 4.20. The van der Waals surface area contributed by atoms with Crippen molar-refractivity contribution < 1.29 is 23.5 Å². The van der Waals surface area contributed by atoms with Gasteiger partial charge in [-0.3, -0.25) is 14.5 Å². The van der Waals surface area contributed by atoms with Gasteiger partial charge in [-0.25, -0.2) is 4.39 Å². The summed E-state index contributed by atoms with van der Waals surface area (Å²) in [7, 11) is 0. The second-order valence-electron chi connectivity index (χ2n) is 8.71. The number of imide groups is 1. The van der Waals surface area contributed by atoms with Crippen molar-refractivity contribution in [2.24, 2.45) is 0 Å². The average molecular weight is 630 g/mol. The number of carbonyl (C=O) groups is 2. The van der Waals surface area contributed by atoms with E-state index >= 15 is 0 Å². The largest absolute Gasteiger partial charge is 0.492 e. The van der Waals surface area contributed by atoms with Crippen LogP contribution in [0.25, 0.3) is 17.0 Å². The molecule has 2 amide bonds. The van der Waals surface area contributed by atoms with Crippen molar-refractivity contribution in [3.05, 3.63) is 98.7 Å². The quantitative estimate of drug-likeness (QED) is 0.132. The Morgan fingerprint density at radius 1 is 0.974 bits per heavy atom. The number of carbonyl (C=O) groups excluding carboxylic acids is 2. The molecule has 2 heterocycles. The third-order valence-corrected chi connectivity index (χ3v) is 7.78. The molecule has 1 aliphatic rings. The molecule has 3 aromatic carbocycles. The average Bonchev–Trinajstić information content (AvgIpc) is 3.39. The summed E-state index contributed by atoms with van der Waals surface area (Å²) >= 11 is 10.6. The van der Waals surface area contributed by atoms with E-state index in [9.17, 15) is 14.0 Å². The summed E-state index contributed by atoms with van der Waals surface area (Å²) < 4.78 is 27.5. The van der Waals surface area contributed by atoms with E-state index in [4.69, 9.17) is 21.1 Å². The second-order valence-corrected chi connectivity index (χ2v) is 11.0. The minimum Gasteiger partial charge on any atom is -0.492 e. The Kier molecular flexibility index (Phi) is 8.60. The van der Waals surface area contributed by atoms with Crippen LogP contribution in [0.1, 0.15) is 12.0 Å². The number of hydrogen-bond donors (Lipinski definition) is 0. The van der Waals surface area contributed by atoms with Crippen LogP contribution >= 0.6 is 39.3 Å². The molecule has 10 heteroatoms. The Hall–Kier alpha value is -3.27. The lowest BCUT2D eigenvalue weighted by Crippen LogP contribution is -2.32. The summed E-state index contributed by atoms with van der Waals surface area (Å²) in [5, 5.41) is 1.19. The molecular formula is C29H23BrClFN2O4S. The van der Waals surface area contributed by atoms with Crippen LogP contribution in [0.4, 0.5) is 9.18 Å². The van der Waals surface area contributed by atoms with Crippen molar-refractivity contribution in [1.29, 1.82) is 0 Å². The normalized spacial score (nSPS) is 14.5. The molecule has 0 radical (unpaired) electrons. The van der Waals surface area contributed by atoms with Crippen molar-refractivity contribution >= 4 is 67.4 Å². The van der Waals surface area contributed by atoms with Gasteiger partial charge in [-0.1, -0.05) is 39.7 Å². The third kappa shape index (κ3) is 6.49. The van der Waals surface area contributed by atoms with E-state index in [0.717, 1.165) is 39.1 Å². The van der Waals surface area contributed by atoms with Crippen molar-refractivity contribution in [3.63, 3.8) is 0 Å². The molecule has 1 aliphatic heterocycles. The molecule has 1 saturated heterocycles. The van der Waals surface area contributed by atoms with Crippen LogP contribution in [0.2, 0.25) is 5.02 Å².